The van der Waals surface area contributed by atoms with Crippen LogP contribution in [0.15, 0.2) is 24.3 Å². The molecule has 0 spiro atoms. The molecule has 0 amide bonds. The summed E-state index contributed by atoms with van der Waals surface area (Å²) < 4.78 is 5.29. The average Bonchev–Trinajstić information content (AvgIpc) is 2.18. The molecule has 1 aromatic carbocycles. The van der Waals surface area contributed by atoms with Gasteiger partial charge in [0.05, 0.1) is 13.2 Å². The molecular weight excluding hydrogens is 204 g/mol. The van der Waals surface area contributed by atoms with E-state index in [1.54, 1.807) is 0 Å². The van der Waals surface area contributed by atoms with Crippen LogP contribution >= 0.6 is 0 Å². The molecule has 1 aliphatic heterocycles. The number of hydrogen-bond donors (Lipinski definition) is 1. The van der Waals surface area contributed by atoms with Crippen molar-refractivity contribution >= 4 is 5.97 Å². The molecule has 0 aromatic heterocycles. The molecule has 0 aliphatic carbocycles. The Hall–Kier alpha value is -1.35. The van der Waals surface area contributed by atoms with Gasteiger partial charge >= 0.3 is 5.97 Å². The Labute approximate surface area is 95.0 Å². The lowest BCUT2D eigenvalue weighted by Crippen LogP contribution is -2.47. The summed E-state index contributed by atoms with van der Waals surface area (Å²) in [6, 6.07) is 8.16. The topological polar surface area (TPSA) is 46.5 Å². The molecular formula is C13H16O3. The SMILES string of the molecule is Cc1ccccc1C1(CCC(=O)O)COC1. The van der Waals surface area contributed by atoms with Crippen LogP contribution in [0, 0.1) is 6.92 Å². The molecule has 1 aromatic rings. The molecule has 0 radical (unpaired) electrons. The standard InChI is InChI=1S/C13H16O3/c1-10-4-2-3-5-11(10)13(8-16-9-13)7-6-12(14)15/h2-5H,6-9H2,1H3,(H,14,15). The highest BCUT2D eigenvalue weighted by molar-refractivity contribution is 5.67. The Morgan fingerprint density at radius 1 is 1.44 bits per heavy atom. The van der Waals surface area contributed by atoms with Crippen molar-refractivity contribution in [1.29, 1.82) is 0 Å². The highest BCUT2D eigenvalue weighted by atomic mass is 16.5. The molecule has 0 atom stereocenters. The first kappa shape index (κ1) is 11.1. The van der Waals surface area contributed by atoms with Crippen molar-refractivity contribution in [2.45, 2.75) is 25.2 Å². The maximum atomic E-state index is 10.7. The van der Waals surface area contributed by atoms with Crippen LogP contribution in [0.25, 0.3) is 0 Å². The summed E-state index contributed by atoms with van der Waals surface area (Å²) in [5.41, 5.74) is 2.39. The summed E-state index contributed by atoms with van der Waals surface area (Å²) in [6.07, 6.45) is 0.866. The monoisotopic (exact) mass is 220 g/mol. The molecule has 0 saturated carbocycles. The van der Waals surface area contributed by atoms with Gasteiger partial charge in [-0.3, -0.25) is 4.79 Å². The van der Waals surface area contributed by atoms with Gasteiger partial charge in [0.25, 0.3) is 0 Å². The minimum Gasteiger partial charge on any atom is -0.481 e. The van der Waals surface area contributed by atoms with Crippen LogP contribution < -0.4 is 0 Å². The summed E-state index contributed by atoms with van der Waals surface area (Å²) in [5.74, 6) is -0.736. The Balaban J connectivity index is 2.21. The van der Waals surface area contributed by atoms with Gasteiger partial charge in [-0.1, -0.05) is 24.3 Å². The van der Waals surface area contributed by atoms with E-state index in [0.29, 0.717) is 19.6 Å². The third kappa shape index (κ3) is 1.95. The van der Waals surface area contributed by atoms with Crippen molar-refractivity contribution < 1.29 is 14.6 Å². The van der Waals surface area contributed by atoms with Gasteiger partial charge in [0.1, 0.15) is 0 Å². The van der Waals surface area contributed by atoms with Crippen molar-refractivity contribution in [2.24, 2.45) is 0 Å². The van der Waals surface area contributed by atoms with Crippen LogP contribution in [-0.4, -0.2) is 24.3 Å². The molecule has 86 valence electrons. The predicted octanol–water partition coefficient (Wildman–Crippen LogP) is 2.13. The van der Waals surface area contributed by atoms with Crippen LogP contribution in [0.5, 0.6) is 0 Å². The number of aliphatic carboxylic acids is 1. The van der Waals surface area contributed by atoms with Crippen molar-refractivity contribution in [2.75, 3.05) is 13.2 Å². The lowest BCUT2D eigenvalue weighted by molar-refractivity contribution is -0.139. The number of carbonyl (C=O) groups is 1. The Bertz CT molecular complexity index is 394. The van der Waals surface area contributed by atoms with Gasteiger partial charge in [0, 0.05) is 11.8 Å². The van der Waals surface area contributed by atoms with Crippen LogP contribution in [0.1, 0.15) is 24.0 Å². The second kappa shape index (κ2) is 4.26. The first-order chi connectivity index (χ1) is 7.64. The molecule has 16 heavy (non-hydrogen) atoms. The van der Waals surface area contributed by atoms with E-state index in [0.717, 1.165) is 0 Å². The van der Waals surface area contributed by atoms with E-state index in [4.69, 9.17) is 9.84 Å². The summed E-state index contributed by atoms with van der Waals surface area (Å²) >= 11 is 0. The second-order valence-electron chi connectivity index (χ2n) is 4.48. The molecule has 2 rings (SSSR count). The van der Waals surface area contributed by atoms with Gasteiger partial charge in [0.15, 0.2) is 0 Å². The maximum Gasteiger partial charge on any atom is 0.303 e. The third-order valence-corrected chi connectivity index (χ3v) is 3.29. The molecule has 0 bridgehead atoms. The van der Waals surface area contributed by atoms with Gasteiger partial charge in [-0.2, -0.15) is 0 Å². The van der Waals surface area contributed by atoms with Gasteiger partial charge in [-0.05, 0) is 24.5 Å². The summed E-state index contributed by atoms with van der Waals surface area (Å²) in [7, 11) is 0. The molecule has 1 N–H and O–H groups in total. The smallest absolute Gasteiger partial charge is 0.303 e. The van der Waals surface area contributed by atoms with Crippen molar-refractivity contribution in [3.05, 3.63) is 35.4 Å². The number of carboxylic acids is 1. The Morgan fingerprint density at radius 3 is 2.62 bits per heavy atom. The lowest BCUT2D eigenvalue weighted by atomic mass is 9.73. The van der Waals surface area contributed by atoms with Gasteiger partial charge < -0.3 is 9.84 Å². The number of aryl methyl sites for hydroxylation is 1. The second-order valence-corrected chi connectivity index (χ2v) is 4.48. The molecule has 1 fully saturated rings. The highest BCUT2D eigenvalue weighted by Gasteiger charge is 2.41. The molecule has 3 heteroatoms. The van der Waals surface area contributed by atoms with Gasteiger partial charge in [0.2, 0.25) is 0 Å². The van der Waals surface area contributed by atoms with Crippen LogP contribution in [0.3, 0.4) is 0 Å². The fourth-order valence-electron chi connectivity index (χ4n) is 2.30. The predicted molar refractivity (Wildman–Crippen MR) is 60.5 cm³/mol. The summed E-state index contributed by atoms with van der Waals surface area (Å²) in [5, 5.41) is 8.77. The minimum absolute atomic E-state index is 0.0657. The number of benzene rings is 1. The summed E-state index contributed by atoms with van der Waals surface area (Å²) in [4.78, 5) is 10.7. The van der Waals surface area contributed by atoms with Gasteiger partial charge in [-0.15, -0.1) is 0 Å². The van der Waals surface area contributed by atoms with Crippen molar-refractivity contribution in [1.82, 2.24) is 0 Å². The molecule has 1 saturated heterocycles. The van der Waals surface area contributed by atoms with Crippen LogP contribution in [-0.2, 0) is 14.9 Å². The molecule has 1 heterocycles. The van der Waals surface area contributed by atoms with E-state index in [2.05, 4.69) is 19.1 Å². The zero-order valence-corrected chi connectivity index (χ0v) is 9.40. The normalized spacial score (nSPS) is 17.8. The van der Waals surface area contributed by atoms with Crippen LogP contribution in [0.4, 0.5) is 0 Å². The van der Waals surface area contributed by atoms with E-state index in [1.807, 2.05) is 12.1 Å². The number of ether oxygens (including phenoxy) is 1. The number of carboxylic acid groups (broad SMARTS) is 1. The van der Waals surface area contributed by atoms with Crippen molar-refractivity contribution in [3.63, 3.8) is 0 Å². The van der Waals surface area contributed by atoms with E-state index >= 15 is 0 Å². The maximum absolute atomic E-state index is 10.7. The fourth-order valence-corrected chi connectivity index (χ4v) is 2.30. The Kier molecular flexibility index (Phi) is 2.97. The first-order valence-electron chi connectivity index (χ1n) is 5.50. The van der Waals surface area contributed by atoms with E-state index in [-0.39, 0.29) is 11.8 Å². The van der Waals surface area contributed by atoms with E-state index in [9.17, 15) is 4.79 Å². The largest absolute Gasteiger partial charge is 0.481 e. The number of rotatable bonds is 4. The third-order valence-electron chi connectivity index (χ3n) is 3.29. The van der Waals surface area contributed by atoms with E-state index in [1.165, 1.54) is 11.1 Å². The zero-order valence-electron chi connectivity index (χ0n) is 9.40. The first-order valence-corrected chi connectivity index (χ1v) is 5.50. The molecule has 3 nitrogen and oxygen atoms in total. The van der Waals surface area contributed by atoms with Crippen LogP contribution in [0.2, 0.25) is 0 Å². The summed E-state index contributed by atoms with van der Waals surface area (Å²) in [6.45, 7) is 3.35. The molecule has 0 unspecified atom stereocenters. The fraction of sp³-hybridized carbons (Fsp3) is 0.462. The lowest BCUT2D eigenvalue weighted by Gasteiger charge is -2.42. The molecule has 1 aliphatic rings. The zero-order chi connectivity index (χ0) is 11.6. The van der Waals surface area contributed by atoms with Gasteiger partial charge in [-0.25, -0.2) is 0 Å². The number of hydrogen-bond acceptors (Lipinski definition) is 2. The quantitative estimate of drug-likeness (QED) is 0.845. The van der Waals surface area contributed by atoms with Crippen molar-refractivity contribution in [3.8, 4) is 0 Å². The van der Waals surface area contributed by atoms with E-state index < -0.39 is 5.97 Å². The average molecular weight is 220 g/mol. The highest BCUT2D eigenvalue weighted by Crippen LogP contribution is 2.38. The Morgan fingerprint density at radius 2 is 2.12 bits per heavy atom. The minimum atomic E-state index is -0.736.